The van der Waals surface area contributed by atoms with E-state index in [2.05, 4.69) is 15.3 Å². The first-order valence-electron chi connectivity index (χ1n) is 10.5. The van der Waals surface area contributed by atoms with Crippen LogP contribution >= 0.6 is 0 Å². The van der Waals surface area contributed by atoms with Crippen LogP contribution in [0.25, 0.3) is 11.1 Å². The van der Waals surface area contributed by atoms with E-state index in [0.717, 1.165) is 29.7 Å². The highest BCUT2D eigenvalue weighted by Gasteiger charge is 2.43. The topological polar surface area (TPSA) is 90.2 Å². The number of carbonyl (C=O) groups is 2. The second-order valence-electron chi connectivity index (χ2n) is 8.28. The molecule has 2 aliphatic rings. The molecule has 0 spiro atoms. The number of carbonyl (C=O) groups excluding carboxylic acids is 2. The zero-order chi connectivity index (χ0) is 21.4. The minimum absolute atomic E-state index is 0.144. The van der Waals surface area contributed by atoms with E-state index in [0.29, 0.717) is 30.6 Å². The van der Waals surface area contributed by atoms with Crippen LogP contribution in [0.1, 0.15) is 30.3 Å². The molecule has 0 radical (unpaired) electrons. The van der Waals surface area contributed by atoms with Gasteiger partial charge in [-0.2, -0.15) is 20.0 Å². The lowest BCUT2D eigenvalue weighted by molar-refractivity contribution is 0.101. The number of benzene rings is 1. The van der Waals surface area contributed by atoms with Gasteiger partial charge in [-0.05, 0) is 54.5 Å². The molecule has 0 N–H and O–H groups in total. The molecule has 31 heavy (non-hydrogen) atoms. The molecule has 1 saturated carbocycles. The van der Waals surface area contributed by atoms with Crippen LogP contribution in [0, 0.1) is 11.8 Å². The van der Waals surface area contributed by atoms with Crippen LogP contribution in [0.4, 0.5) is 4.79 Å². The van der Waals surface area contributed by atoms with Crippen molar-refractivity contribution in [3.05, 3.63) is 60.7 Å². The van der Waals surface area contributed by atoms with Gasteiger partial charge in [-0.25, -0.2) is 4.79 Å². The lowest BCUT2D eigenvalue weighted by atomic mass is 10.0. The quantitative estimate of drug-likeness (QED) is 0.605. The van der Waals surface area contributed by atoms with E-state index in [9.17, 15) is 9.59 Å². The average molecular weight is 417 g/mol. The van der Waals surface area contributed by atoms with Crippen LogP contribution in [0.15, 0.2) is 55.0 Å². The van der Waals surface area contributed by atoms with Gasteiger partial charge in [0.2, 0.25) is 0 Å². The average Bonchev–Trinajstić information content (AvgIpc) is 3.49. The fourth-order valence-corrected chi connectivity index (χ4v) is 4.66. The predicted octanol–water partition coefficient (Wildman–Crippen LogP) is 3.30. The summed E-state index contributed by atoms with van der Waals surface area (Å²) in [4.78, 5) is 26.0. The summed E-state index contributed by atoms with van der Waals surface area (Å²) >= 11 is 0. The van der Waals surface area contributed by atoms with Gasteiger partial charge < -0.3 is 9.64 Å². The maximum absolute atomic E-state index is 12.7. The van der Waals surface area contributed by atoms with Crippen molar-refractivity contribution < 1.29 is 14.3 Å². The highest BCUT2D eigenvalue weighted by molar-refractivity contribution is 5.92. The van der Waals surface area contributed by atoms with E-state index in [1.54, 1.807) is 24.7 Å². The normalized spacial score (nSPS) is 22.4. The molecule has 0 unspecified atom stereocenters. The van der Waals surface area contributed by atoms with Crippen molar-refractivity contribution >= 4 is 11.8 Å². The van der Waals surface area contributed by atoms with Gasteiger partial charge in [-0.3, -0.25) is 4.79 Å². The third-order valence-electron chi connectivity index (χ3n) is 6.18. The summed E-state index contributed by atoms with van der Waals surface area (Å²) in [5.74, 6) is 1.54. The summed E-state index contributed by atoms with van der Waals surface area (Å²) in [5.41, 5.74) is 2.36. The molecule has 8 nitrogen and oxygen atoms in total. The Balaban J connectivity index is 1.20. The molecular weight excluding hydrogens is 394 g/mol. The van der Waals surface area contributed by atoms with Gasteiger partial charge in [0.15, 0.2) is 5.78 Å². The van der Waals surface area contributed by atoms with E-state index < -0.39 is 0 Å². The zero-order valence-corrected chi connectivity index (χ0v) is 17.2. The summed E-state index contributed by atoms with van der Waals surface area (Å²) < 4.78 is 7.56. The van der Waals surface area contributed by atoms with Gasteiger partial charge in [-0.15, -0.1) is 0 Å². The van der Waals surface area contributed by atoms with Crippen molar-refractivity contribution in [2.24, 2.45) is 11.8 Å². The van der Waals surface area contributed by atoms with Crippen LogP contribution in [0.5, 0.6) is 5.75 Å². The third kappa shape index (κ3) is 3.93. The van der Waals surface area contributed by atoms with Crippen molar-refractivity contribution in [1.29, 1.82) is 0 Å². The minimum Gasteiger partial charge on any atom is -0.490 e. The maximum Gasteiger partial charge on any atom is 0.344 e. The number of Topliss-reactive ketones (excluding diaryl/α,β-unsaturated/α-hetero) is 1. The molecule has 2 aromatic heterocycles. The van der Waals surface area contributed by atoms with Crippen LogP contribution in [0.2, 0.25) is 0 Å². The summed E-state index contributed by atoms with van der Waals surface area (Å²) in [5, 5.41) is 11.9. The van der Waals surface area contributed by atoms with Crippen LogP contribution in [0.3, 0.4) is 0 Å². The van der Waals surface area contributed by atoms with Crippen molar-refractivity contribution in [2.45, 2.75) is 25.9 Å². The van der Waals surface area contributed by atoms with E-state index in [1.807, 2.05) is 35.2 Å². The number of hydrogen-bond donors (Lipinski definition) is 0. The van der Waals surface area contributed by atoms with Gasteiger partial charge in [-0.1, -0.05) is 12.1 Å². The van der Waals surface area contributed by atoms with Crippen molar-refractivity contribution in [3.63, 3.8) is 0 Å². The summed E-state index contributed by atoms with van der Waals surface area (Å²) in [6.07, 6.45) is 6.97. The Morgan fingerprint density at radius 3 is 2.52 bits per heavy atom. The fraction of sp³-hybridized carbons (Fsp3) is 0.348. The minimum atomic E-state index is -0.168. The lowest BCUT2D eigenvalue weighted by Crippen LogP contribution is -2.34. The summed E-state index contributed by atoms with van der Waals surface area (Å²) in [6.45, 7) is 2.84. The highest BCUT2D eigenvalue weighted by atomic mass is 16.5. The molecule has 1 saturated heterocycles. The Labute approximate surface area is 179 Å². The SMILES string of the molecule is CC(=O)c1ccn(C(=O)N2C[C@H]3C[C@H](Oc4cccc(-c5ccnnc5)c4)C[C@H]3C2)n1. The molecule has 1 aromatic carbocycles. The molecule has 5 rings (SSSR count). The molecule has 1 aliphatic carbocycles. The number of nitrogens with zero attached hydrogens (tertiary/aromatic N) is 5. The van der Waals surface area contributed by atoms with E-state index >= 15 is 0 Å². The van der Waals surface area contributed by atoms with Gasteiger partial charge >= 0.3 is 6.03 Å². The first-order chi connectivity index (χ1) is 15.1. The van der Waals surface area contributed by atoms with Crippen LogP contribution < -0.4 is 4.74 Å². The van der Waals surface area contributed by atoms with Gasteiger partial charge in [0.05, 0.1) is 18.5 Å². The molecule has 1 aliphatic heterocycles. The number of ether oxygens (including phenoxy) is 1. The Kier molecular flexibility index (Phi) is 4.97. The van der Waals surface area contributed by atoms with Crippen molar-refractivity contribution in [3.8, 4) is 16.9 Å². The lowest BCUT2D eigenvalue weighted by Gasteiger charge is -2.20. The largest absolute Gasteiger partial charge is 0.490 e. The number of hydrogen-bond acceptors (Lipinski definition) is 6. The molecule has 0 bridgehead atoms. The van der Waals surface area contributed by atoms with Crippen molar-refractivity contribution in [2.75, 3.05) is 13.1 Å². The molecular formula is C23H23N5O3. The molecule has 3 atom stereocenters. The smallest absolute Gasteiger partial charge is 0.344 e. The molecule has 2 fully saturated rings. The van der Waals surface area contributed by atoms with Gasteiger partial charge in [0.1, 0.15) is 11.4 Å². The Morgan fingerprint density at radius 1 is 1.03 bits per heavy atom. The predicted molar refractivity (Wildman–Crippen MR) is 113 cm³/mol. The van der Waals surface area contributed by atoms with Gasteiger partial charge in [0.25, 0.3) is 0 Å². The Bertz CT molecular complexity index is 1100. The fourth-order valence-electron chi connectivity index (χ4n) is 4.66. The number of likely N-dealkylation sites (tertiary alicyclic amines) is 1. The number of rotatable bonds is 4. The van der Waals surface area contributed by atoms with E-state index in [-0.39, 0.29) is 17.9 Å². The van der Waals surface area contributed by atoms with Crippen LogP contribution in [-0.2, 0) is 0 Å². The highest BCUT2D eigenvalue weighted by Crippen LogP contribution is 2.40. The third-order valence-corrected chi connectivity index (χ3v) is 6.18. The molecule has 3 aromatic rings. The molecule has 3 heterocycles. The summed E-state index contributed by atoms with van der Waals surface area (Å²) in [7, 11) is 0. The number of aromatic nitrogens is 4. The van der Waals surface area contributed by atoms with Crippen molar-refractivity contribution in [1.82, 2.24) is 24.9 Å². The first-order valence-corrected chi connectivity index (χ1v) is 10.5. The monoisotopic (exact) mass is 417 g/mol. The zero-order valence-electron chi connectivity index (χ0n) is 17.2. The second kappa shape index (κ2) is 7.94. The van der Waals surface area contributed by atoms with E-state index in [4.69, 9.17) is 4.74 Å². The maximum atomic E-state index is 12.7. The molecule has 8 heteroatoms. The Morgan fingerprint density at radius 2 is 1.84 bits per heavy atom. The standard InChI is InChI=1S/C23H23N5O3/c1-15(29)22-6-8-28(26-22)23(30)27-13-18-10-21(11-19(18)14-27)31-20-4-2-3-16(9-20)17-5-7-24-25-12-17/h2-9,12,18-19,21H,10-11,13-14H2,1H3/t18-,19+,21+. The van der Waals surface area contributed by atoms with Gasteiger partial charge in [0, 0.05) is 31.8 Å². The molecule has 158 valence electrons. The summed E-state index contributed by atoms with van der Waals surface area (Å²) in [6, 6.07) is 11.4. The first kappa shape index (κ1) is 19.4. The van der Waals surface area contributed by atoms with Crippen LogP contribution in [-0.4, -0.2) is 55.9 Å². The van der Waals surface area contributed by atoms with E-state index in [1.165, 1.54) is 11.6 Å². The number of ketones is 1. The second-order valence-corrected chi connectivity index (χ2v) is 8.28. The number of fused-ring (bicyclic) bond motifs is 1. The molecule has 1 amide bonds. The number of amides is 1. The Hall–Kier alpha value is -3.55.